The minimum absolute atomic E-state index is 0.136. The molecule has 2 aromatic carbocycles. The van der Waals surface area contributed by atoms with E-state index in [0.717, 1.165) is 22.7 Å². The van der Waals surface area contributed by atoms with E-state index in [9.17, 15) is 0 Å². The molecule has 0 saturated carbocycles. The maximum absolute atomic E-state index is 5.26. The summed E-state index contributed by atoms with van der Waals surface area (Å²) >= 11 is 0. The lowest BCUT2D eigenvalue weighted by molar-refractivity contribution is 0.561. The molecular weight excluding hydrogens is 272 g/mol. The van der Waals surface area contributed by atoms with E-state index in [1.54, 1.807) is 0 Å². The van der Waals surface area contributed by atoms with Gasteiger partial charge >= 0.3 is 0 Å². The highest BCUT2D eigenvalue weighted by Gasteiger charge is 2.31. The summed E-state index contributed by atoms with van der Waals surface area (Å²) in [5, 5.41) is 0. The number of hydrogen-bond acceptors (Lipinski definition) is 3. The van der Waals surface area contributed by atoms with E-state index in [-0.39, 0.29) is 5.41 Å². The molecule has 1 aromatic heterocycles. The van der Waals surface area contributed by atoms with Crippen LogP contribution in [0, 0.1) is 6.92 Å². The highest BCUT2D eigenvalue weighted by molar-refractivity contribution is 5.99. The number of para-hydroxylation sites is 3. The molecule has 3 nitrogen and oxygen atoms in total. The summed E-state index contributed by atoms with van der Waals surface area (Å²) in [5.41, 5.74) is 5.63. The van der Waals surface area contributed by atoms with E-state index in [0.29, 0.717) is 0 Å². The van der Waals surface area contributed by atoms with Crippen LogP contribution in [0.2, 0.25) is 0 Å². The van der Waals surface area contributed by atoms with Gasteiger partial charge in [-0.3, -0.25) is 4.99 Å². The third-order valence-corrected chi connectivity index (χ3v) is 4.17. The molecule has 2 heterocycles. The first-order valence-electron chi connectivity index (χ1n) is 7.46. The van der Waals surface area contributed by atoms with Gasteiger partial charge in [0.25, 0.3) is 0 Å². The molecule has 0 spiro atoms. The van der Waals surface area contributed by atoms with Gasteiger partial charge in [-0.25, -0.2) is 4.98 Å². The molecule has 0 fully saturated rings. The summed E-state index contributed by atoms with van der Waals surface area (Å²) in [6.45, 7) is 8.38. The third kappa shape index (κ3) is 2.54. The van der Waals surface area contributed by atoms with Gasteiger partial charge in [-0.1, -0.05) is 44.2 Å². The topological polar surface area (TPSA) is 38.4 Å². The zero-order valence-electron chi connectivity index (χ0n) is 13.4. The quantitative estimate of drug-likeness (QED) is 0.570. The van der Waals surface area contributed by atoms with E-state index in [1.807, 2.05) is 37.3 Å². The van der Waals surface area contributed by atoms with Crippen LogP contribution in [0.25, 0.3) is 11.1 Å². The average molecular weight is 292 g/mol. The first-order valence-corrected chi connectivity index (χ1v) is 7.46. The van der Waals surface area contributed by atoms with Crippen LogP contribution in [0.1, 0.15) is 32.2 Å². The second kappa shape index (κ2) is 5.41. The molecule has 1 aliphatic heterocycles. The Balaban J connectivity index is 0.000000133. The normalized spacial score (nSPS) is 15.0. The number of hydrogen-bond donors (Lipinski definition) is 0. The Morgan fingerprint density at radius 2 is 1.59 bits per heavy atom. The molecule has 0 saturated heterocycles. The van der Waals surface area contributed by atoms with E-state index in [4.69, 9.17) is 4.42 Å². The van der Waals surface area contributed by atoms with Crippen LogP contribution in [0.4, 0.5) is 5.69 Å². The second-order valence-corrected chi connectivity index (χ2v) is 6.04. The fourth-order valence-corrected chi connectivity index (χ4v) is 2.60. The number of fused-ring (bicyclic) bond motifs is 2. The van der Waals surface area contributed by atoms with Crippen LogP contribution in [-0.4, -0.2) is 10.7 Å². The molecule has 3 aromatic rings. The summed E-state index contributed by atoms with van der Waals surface area (Å²) < 4.78 is 5.26. The number of benzene rings is 2. The Morgan fingerprint density at radius 3 is 2.32 bits per heavy atom. The van der Waals surface area contributed by atoms with Crippen LogP contribution in [-0.2, 0) is 5.41 Å². The molecule has 1 aliphatic rings. The second-order valence-electron chi connectivity index (χ2n) is 6.04. The van der Waals surface area contributed by atoms with E-state index in [1.165, 1.54) is 11.3 Å². The lowest BCUT2D eigenvalue weighted by Gasteiger charge is -2.19. The van der Waals surface area contributed by atoms with Gasteiger partial charge in [0.05, 0.1) is 5.69 Å². The number of oxazole rings is 1. The van der Waals surface area contributed by atoms with Crippen LogP contribution in [0.3, 0.4) is 0 Å². The summed E-state index contributed by atoms with van der Waals surface area (Å²) in [6, 6.07) is 16.1. The molecule has 0 aliphatic carbocycles. The van der Waals surface area contributed by atoms with Crippen molar-refractivity contribution >= 4 is 22.5 Å². The number of aliphatic imine (C=N–C) groups is 1. The summed E-state index contributed by atoms with van der Waals surface area (Å²) in [5.74, 6) is 0.723. The standard InChI is InChI=1S/C11H13N.C8H7NO/c1-8-11(2,3)9-6-4-5-7-10(9)12-8;1-6-9-7-4-2-3-5-8(7)10-6/h4-7H,1-3H3;2-5H,1H3. The summed E-state index contributed by atoms with van der Waals surface area (Å²) in [6.07, 6.45) is 0. The van der Waals surface area contributed by atoms with Gasteiger partial charge in [-0.15, -0.1) is 0 Å². The Hall–Kier alpha value is -2.42. The van der Waals surface area contributed by atoms with Gasteiger partial charge < -0.3 is 4.42 Å². The molecule has 0 radical (unpaired) electrons. The van der Waals surface area contributed by atoms with Crippen LogP contribution >= 0.6 is 0 Å². The zero-order valence-corrected chi connectivity index (χ0v) is 13.4. The minimum Gasteiger partial charge on any atom is -0.441 e. The summed E-state index contributed by atoms with van der Waals surface area (Å²) in [4.78, 5) is 8.67. The van der Waals surface area contributed by atoms with Crippen LogP contribution in [0.5, 0.6) is 0 Å². The van der Waals surface area contributed by atoms with Gasteiger partial charge in [0, 0.05) is 18.1 Å². The fourth-order valence-electron chi connectivity index (χ4n) is 2.60. The number of aryl methyl sites for hydroxylation is 1. The molecule has 0 unspecified atom stereocenters. The Labute approximate surface area is 130 Å². The van der Waals surface area contributed by atoms with E-state index in [2.05, 4.69) is 48.9 Å². The van der Waals surface area contributed by atoms with Crippen molar-refractivity contribution in [2.24, 2.45) is 4.99 Å². The monoisotopic (exact) mass is 292 g/mol. The Kier molecular flexibility index (Phi) is 3.57. The van der Waals surface area contributed by atoms with E-state index >= 15 is 0 Å². The van der Waals surface area contributed by atoms with Crippen molar-refractivity contribution < 1.29 is 4.42 Å². The average Bonchev–Trinajstić information content (AvgIpc) is 2.97. The van der Waals surface area contributed by atoms with Crippen molar-refractivity contribution in [3.05, 3.63) is 60.0 Å². The van der Waals surface area contributed by atoms with Gasteiger partial charge in [-0.2, -0.15) is 0 Å². The third-order valence-electron chi connectivity index (χ3n) is 4.17. The highest BCUT2D eigenvalue weighted by Crippen LogP contribution is 2.39. The first-order chi connectivity index (χ1) is 10.5. The van der Waals surface area contributed by atoms with Gasteiger partial charge in [0.1, 0.15) is 5.52 Å². The molecule has 0 bridgehead atoms. The smallest absolute Gasteiger partial charge is 0.192 e. The number of rotatable bonds is 0. The summed E-state index contributed by atoms with van der Waals surface area (Å²) in [7, 11) is 0. The zero-order chi connectivity index (χ0) is 15.7. The lowest BCUT2D eigenvalue weighted by atomic mass is 9.82. The molecule has 0 N–H and O–H groups in total. The fraction of sp³-hybridized carbons (Fsp3) is 0.263. The van der Waals surface area contributed by atoms with Crippen molar-refractivity contribution in [3.63, 3.8) is 0 Å². The van der Waals surface area contributed by atoms with Gasteiger partial charge in [0.2, 0.25) is 0 Å². The largest absolute Gasteiger partial charge is 0.441 e. The highest BCUT2D eigenvalue weighted by atomic mass is 16.3. The first kappa shape index (κ1) is 14.5. The SMILES string of the molecule is CC1=Nc2ccccc2C1(C)C.Cc1nc2ccccc2o1. The van der Waals surface area contributed by atoms with Crippen molar-refractivity contribution in [2.45, 2.75) is 33.1 Å². The van der Waals surface area contributed by atoms with Crippen molar-refractivity contribution in [3.8, 4) is 0 Å². The van der Waals surface area contributed by atoms with Gasteiger partial charge in [-0.05, 0) is 30.7 Å². The maximum atomic E-state index is 5.26. The molecule has 0 atom stereocenters. The van der Waals surface area contributed by atoms with Crippen molar-refractivity contribution in [1.29, 1.82) is 0 Å². The minimum atomic E-state index is 0.136. The molecule has 0 amide bonds. The maximum Gasteiger partial charge on any atom is 0.192 e. The predicted molar refractivity (Wildman–Crippen MR) is 91.0 cm³/mol. The molecule has 3 heteroatoms. The molecule has 4 rings (SSSR count). The number of nitrogens with zero attached hydrogens (tertiary/aromatic N) is 2. The van der Waals surface area contributed by atoms with Crippen molar-refractivity contribution in [2.75, 3.05) is 0 Å². The van der Waals surface area contributed by atoms with Crippen molar-refractivity contribution in [1.82, 2.24) is 4.98 Å². The lowest BCUT2D eigenvalue weighted by Crippen LogP contribution is -2.22. The van der Waals surface area contributed by atoms with Crippen LogP contribution in [0.15, 0.2) is 57.9 Å². The van der Waals surface area contributed by atoms with Crippen LogP contribution < -0.4 is 0 Å². The number of aromatic nitrogens is 1. The Morgan fingerprint density at radius 1 is 0.909 bits per heavy atom. The van der Waals surface area contributed by atoms with Gasteiger partial charge in [0.15, 0.2) is 11.5 Å². The Bertz CT molecular complexity index is 810. The van der Waals surface area contributed by atoms with E-state index < -0.39 is 0 Å². The molecule has 22 heavy (non-hydrogen) atoms. The predicted octanol–water partition coefficient (Wildman–Crippen LogP) is 5.21. The molecular formula is C19H20N2O. The molecule has 112 valence electrons.